The molecular weight excluding hydrogens is 488 g/mol. The van der Waals surface area contributed by atoms with E-state index in [1.807, 2.05) is 18.2 Å². The van der Waals surface area contributed by atoms with Crippen molar-refractivity contribution in [1.29, 1.82) is 0 Å². The summed E-state index contributed by atoms with van der Waals surface area (Å²) in [7, 11) is -8.00. The Balaban J connectivity index is 1.63. The van der Waals surface area contributed by atoms with Crippen molar-refractivity contribution in [3.63, 3.8) is 0 Å². The molecule has 1 N–H and O–H groups in total. The molecule has 0 bridgehead atoms. The van der Waals surface area contributed by atoms with E-state index in [1.165, 1.54) is 30.5 Å². The van der Waals surface area contributed by atoms with Crippen LogP contribution < -0.4 is 5.43 Å². The van der Waals surface area contributed by atoms with Gasteiger partial charge in [0.2, 0.25) is 20.0 Å². The normalized spacial score (nSPS) is 17.9. The van der Waals surface area contributed by atoms with E-state index in [2.05, 4.69) is 10.5 Å². The molecule has 1 aliphatic rings. The van der Waals surface area contributed by atoms with Gasteiger partial charge in [-0.1, -0.05) is 66.7 Å². The van der Waals surface area contributed by atoms with Crippen LogP contribution in [0.4, 0.5) is 0 Å². The number of hydrogen-bond acceptors (Lipinski definition) is 6. The van der Waals surface area contributed by atoms with Gasteiger partial charge in [-0.15, -0.1) is 0 Å². The lowest BCUT2D eigenvalue weighted by atomic mass is 10.2. The molecule has 9 nitrogen and oxygen atoms in total. The van der Waals surface area contributed by atoms with Gasteiger partial charge in [0.25, 0.3) is 5.91 Å². The van der Waals surface area contributed by atoms with E-state index < -0.39 is 32.0 Å². The van der Waals surface area contributed by atoms with Crippen LogP contribution in [-0.4, -0.2) is 63.2 Å². The van der Waals surface area contributed by atoms with Crippen LogP contribution in [0, 0.1) is 0 Å². The fourth-order valence-corrected chi connectivity index (χ4v) is 6.76. The summed E-state index contributed by atoms with van der Waals surface area (Å²) in [5.74, 6) is -0.732. The number of carbonyl (C=O) groups is 1. The van der Waals surface area contributed by atoms with Gasteiger partial charge in [-0.2, -0.15) is 13.7 Å². The molecule has 1 amide bonds. The first-order valence-corrected chi connectivity index (χ1v) is 13.7. The first-order valence-electron chi connectivity index (χ1n) is 10.8. The van der Waals surface area contributed by atoms with Crippen LogP contribution in [0.25, 0.3) is 0 Å². The lowest BCUT2D eigenvalue weighted by Crippen LogP contribution is -2.60. The van der Waals surface area contributed by atoms with Gasteiger partial charge in [-0.3, -0.25) is 4.79 Å². The molecule has 0 spiro atoms. The Morgan fingerprint density at radius 1 is 0.771 bits per heavy atom. The second kappa shape index (κ2) is 10.5. The molecule has 1 heterocycles. The van der Waals surface area contributed by atoms with Crippen LogP contribution in [0.2, 0.25) is 0 Å². The molecule has 11 heteroatoms. The van der Waals surface area contributed by atoms with Gasteiger partial charge in [0, 0.05) is 19.6 Å². The minimum Gasteiger partial charge on any atom is -0.271 e. The second-order valence-corrected chi connectivity index (χ2v) is 11.6. The average Bonchev–Trinajstić information content (AvgIpc) is 2.90. The standard InChI is InChI=1S/C24H24N4O5S2/c29-24(26-25-18-20-10-4-1-5-11-20)23-19-27(34(30,31)21-12-6-2-7-13-21)16-17-28(23)35(32,33)22-14-8-3-9-15-22/h1-15,18,23H,16-17,19H2,(H,26,29). The van der Waals surface area contributed by atoms with Crippen LogP contribution in [0.1, 0.15) is 5.56 Å². The van der Waals surface area contributed by atoms with Crippen molar-refractivity contribution in [3.8, 4) is 0 Å². The fraction of sp³-hybridized carbons (Fsp3) is 0.167. The number of carbonyl (C=O) groups excluding carboxylic acids is 1. The number of rotatable bonds is 7. The molecule has 1 fully saturated rings. The number of hydrogen-bond donors (Lipinski definition) is 1. The van der Waals surface area contributed by atoms with Gasteiger partial charge in [0.15, 0.2) is 0 Å². The summed E-state index contributed by atoms with van der Waals surface area (Å²) >= 11 is 0. The van der Waals surface area contributed by atoms with E-state index in [0.717, 1.165) is 14.2 Å². The minimum atomic E-state index is -4.07. The highest BCUT2D eigenvalue weighted by atomic mass is 32.2. The van der Waals surface area contributed by atoms with E-state index in [4.69, 9.17) is 0 Å². The van der Waals surface area contributed by atoms with Crippen LogP contribution in [0.15, 0.2) is 106 Å². The first-order chi connectivity index (χ1) is 16.8. The molecular formula is C24H24N4O5S2. The zero-order chi connectivity index (χ0) is 24.9. The molecule has 1 atom stereocenters. The monoisotopic (exact) mass is 512 g/mol. The number of amides is 1. The maximum atomic E-state index is 13.4. The highest BCUT2D eigenvalue weighted by Crippen LogP contribution is 2.25. The Hall–Kier alpha value is -3.38. The van der Waals surface area contributed by atoms with Crippen molar-refractivity contribution in [2.45, 2.75) is 15.8 Å². The summed E-state index contributed by atoms with van der Waals surface area (Å²) in [5.41, 5.74) is 3.10. The molecule has 182 valence electrons. The number of nitrogens with one attached hydrogen (secondary N) is 1. The largest absolute Gasteiger partial charge is 0.271 e. The molecule has 35 heavy (non-hydrogen) atoms. The summed E-state index contributed by atoms with van der Waals surface area (Å²) < 4.78 is 55.2. The van der Waals surface area contributed by atoms with Gasteiger partial charge in [-0.25, -0.2) is 22.3 Å². The zero-order valence-electron chi connectivity index (χ0n) is 18.6. The minimum absolute atomic E-state index is 0.0185. The molecule has 0 aromatic heterocycles. The van der Waals surface area contributed by atoms with Gasteiger partial charge in [-0.05, 0) is 29.8 Å². The summed E-state index contributed by atoms with van der Waals surface area (Å²) in [6.45, 7) is -0.639. The smallest absolute Gasteiger partial charge is 0.259 e. The molecule has 1 saturated heterocycles. The van der Waals surface area contributed by atoms with E-state index in [9.17, 15) is 21.6 Å². The topological polar surface area (TPSA) is 116 Å². The summed E-state index contributed by atoms with van der Waals surface area (Å²) in [6, 6.07) is 23.3. The number of benzene rings is 3. The number of piperazine rings is 1. The van der Waals surface area contributed by atoms with Gasteiger partial charge in [0.1, 0.15) is 6.04 Å². The van der Waals surface area contributed by atoms with Crippen LogP contribution in [0.3, 0.4) is 0 Å². The summed E-state index contributed by atoms with van der Waals surface area (Å²) in [4.78, 5) is 13.2. The Morgan fingerprint density at radius 3 is 1.86 bits per heavy atom. The number of sulfonamides is 2. The molecule has 0 radical (unpaired) electrons. The van der Waals surface area contributed by atoms with Crippen LogP contribution in [0.5, 0.6) is 0 Å². The SMILES string of the molecule is O=C(NN=Cc1ccccc1)C1CN(S(=O)(=O)c2ccccc2)CCN1S(=O)(=O)c1ccccc1. The van der Waals surface area contributed by atoms with Gasteiger partial charge >= 0.3 is 0 Å². The maximum Gasteiger partial charge on any atom is 0.259 e. The third-order valence-electron chi connectivity index (χ3n) is 5.52. The van der Waals surface area contributed by atoms with Crippen LogP contribution in [-0.2, 0) is 24.8 Å². The van der Waals surface area contributed by atoms with Crippen molar-refractivity contribution in [3.05, 3.63) is 96.6 Å². The lowest BCUT2D eigenvalue weighted by Gasteiger charge is -2.38. The quantitative estimate of drug-likeness (QED) is 0.383. The molecule has 4 rings (SSSR count). The molecule has 0 saturated carbocycles. The van der Waals surface area contributed by atoms with E-state index >= 15 is 0 Å². The summed E-state index contributed by atoms with van der Waals surface area (Å²) in [6.07, 6.45) is 1.43. The third kappa shape index (κ3) is 5.49. The Bertz CT molecular complexity index is 1400. The van der Waals surface area contributed by atoms with Gasteiger partial charge < -0.3 is 0 Å². The number of nitrogens with zero attached hydrogens (tertiary/aromatic N) is 3. The number of hydrazone groups is 1. The maximum absolute atomic E-state index is 13.4. The van der Waals surface area contributed by atoms with Crippen molar-refractivity contribution >= 4 is 32.2 Å². The Morgan fingerprint density at radius 2 is 1.29 bits per heavy atom. The van der Waals surface area contributed by atoms with E-state index in [0.29, 0.717) is 0 Å². The third-order valence-corrected chi connectivity index (χ3v) is 9.32. The van der Waals surface area contributed by atoms with Crippen molar-refractivity contribution in [2.75, 3.05) is 19.6 Å². The van der Waals surface area contributed by atoms with Crippen LogP contribution >= 0.6 is 0 Å². The fourth-order valence-electron chi connectivity index (χ4n) is 3.71. The second-order valence-electron chi connectivity index (χ2n) is 7.77. The van der Waals surface area contributed by atoms with Crippen molar-refractivity contribution < 1.29 is 21.6 Å². The van der Waals surface area contributed by atoms with Crippen molar-refractivity contribution in [2.24, 2.45) is 5.10 Å². The molecule has 1 aliphatic heterocycles. The molecule has 3 aromatic carbocycles. The Labute approximate surface area is 204 Å². The predicted molar refractivity (Wildman–Crippen MR) is 132 cm³/mol. The molecule has 0 aliphatic carbocycles. The molecule has 1 unspecified atom stereocenters. The molecule has 3 aromatic rings. The highest BCUT2D eigenvalue weighted by Gasteiger charge is 2.43. The first kappa shape index (κ1) is 24.7. The average molecular weight is 513 g/mol. The van der Waals surface area contributed by atoms with Gasteiger partial charge in [0.05, 0.1) is 16.0 Å². The zero-order valence-corrected chi connectivity index (χ0v) is 20.3. The summed E-state index contributed by atoms with van der Waals surface area (Å²) in [5, 5.41) is 3.94. The van der Waals surface area contributed by atoms with E-state index in [1.54, 1.807) is 48.5 Å². The van der Waals surface area contributed by atoms with E-state index in [-0.39, 0.29) is 29.4 Å². The Kier molecular flexibility index (Phi) is 7.41. The lowest BCUT2D eigenvalue weighted by molar-refractivity contribution is -0.125. The van der Waals surface area contributed by atoms with Crippen molar-refractivity contribution in [1.82, 2.24) is 14.0 Å². The highest BCUT2D eigenvalue weighted by molar-refractivity contribution is 7.89. The predicted octanol–water partition coefficient (Wildman–Crippen LogP) is 1.90.